The smallest absolute Gasteiger partial charge is 0.337 e. The van der Waals surface area contributed by atoms with Gasteiger partial charge in [-0.15, -0.1) is 0 Å². The summed E-state index contributed by atoms with van der Waals surface area (Å²) in [6.45, 7) is 4.20. The number of carbonyl (C=O) groups excluding carboxylic acids is 1. The third kappa shape index (κ3) is 5.03. The number of ether oxygens (including phenoxy) is 1. The Morgan fingerprint density at radius 2 is 1.94 bits per heavy atom. The lowest BCUT2D eigenvalue weighted by atomic mass is 9.88. The summed E-state index contributed by atoms with van der Waals surface area (Å²) in [4.78, 5) is 19.1. The Bertz CT molecular complexity index is 1140. The molecule has 1 fully saturated rings. The number of hydrogen-bond donors (Lipinski definition) is 0. The maximum atomic E-state index is 11.6. The highest BCUT2D eigenvalue weighted by atomic mass is 16.5. The molecule has 0 bridgehead atoms. The summed E-state index contributed by atoms with van der Waals surface area (Å²) in [5.41, 5.74) is 5.36. The molecule has 3 aromatic rings. The van der Waals surface area contributed by atoms with Crippen LogP contribution in [0.5, 0.6) is 0 Å². The molecule has 1 saturated carbocycles. The van der Waals surface area contributed by atoms with Crippen LogP contribution in [-0.4, -0.2) is 47.2 Å². The molecule has 1 aliphatic carbocycles. The summed E-state index contributed by atoms with van der Waals surface area (Å²) in [5.74, 6) is 0.597. The zero-order valence-corrected chi connectivity index (χ0v) is 19.5. The van der Waals surface area contributed by atoms with Crippen molar-refractivity contribution in [1.82, 2.24) is 14.5 Å². The number of aromatic nitrogens is 2. The molecule has 172 valence electrons. The van der Waals surface area contributed by atoms with Crippen molar-refractivity contribution < 1.29 is 9.53 Å². The van der Waals surface area contributed by atoms with E-state index in [0.29, 0.717) is 5.56 Å². The molecular weight excluding hydrogens is 410 g/mol. The number of methoxy groups -OCH3 is 1. The van der Waals surface area contributed by atoms with Crippen LogP contribution in [0, 0.1) is 5.92 Å². The predicted octanol–water partition coefficient (Wildman–Crippen LogP) is 5.54. The number of nitrogens with zero attached hydrogens (tertiary/aromatic N) is 3. The second-order valence-corrected chi connectivity index (χ2v) is 9.51. The van der Waals surface area contributed by atoms with E-state index >= 15 is 0 Å². The second kappa shape index (κ2) is 9.92. The van der Waals surface area contributed by atoms with Crippen LogP contribution in [0.3, 0.4) is 0 Å². The zero-order valence-electron chi connectivity index (χ0n) is 19.5. The Balaban J connectivity index is 1.25. The van der Waals surface area contributed by atoms with Crippen molar-refractivity contribution >= 4 is 22.6 Å². The van der Waals surface area contributed by atoms with Crippen LogP contribution in [0.4, 0.5) is 0 Å². The maximum Gasteiger partial charge on any atom is 0.337 e. The fourth-order valence-electron chi connectivity index (χ4n) is 5.32. The van der Waals surface area contributed by atoms with Crippen LogP contribution in [0.25, 0.3) is 16.6 Å². The van der Waals surface area contributed by atoms with E-state index in [-0.39, 0.29) is 5.97 Å². The first-order valence-electron chi connectivity index (χ1n) is 12.2. The molecule has 0 amide bonds. The van der Waals surface area contributed by atoms with E-state index in [0.717, 1.165) is 43.2 Å². The molecule has 33 heavy (non-hydrogen) atoms. The van der Waals surface area contributed by atoms with E-state index in [9.17, 15) is 4.79 Å². The van der Waals surface area contributed by atoms with E-state index in [1.54, 1.807) is 0 Å². The van der Waals surface area contributed by atoms with Gasteiger partial charge in [0.15, 0.2) is 0 Å². The van der Waals surface area contributed by atoms with Crippen molar-refractivity contribution in [1.29, 1.82) is 0 Å². The first kappa shape index (κ1) is 21.9. The normalized spacial score (nSPS) is 17.8. The van der Waals surface area contributed by atoms with Crippen LogP contribution < -0.4 is 0 Å². The minimum absolute atomic E-state index is 0.309. The number of esters is 1. The van der Waals surface area contributed by atoms with Crippen molar-refractivity contribution in [2.75, 3.05) is 26.7 Å². The summed E-state index contributed by atoms with van der Waals surface area (Å²) in [5, 5.41) is 1.17. The zero-order chi connectivity index (χ0) is 22.6. The molecule has 0 radical (unpaired) electrons. The number of hydrogen-bond acceptors (Lipinski definition) is 4. The molecule has 1 aromatic carbocycles. The molecule has 2 aliphatic rings. The van der Waals surface area contributed by atoms with Crippen molar-refractivity contribution in [2.24, 2.45) is 5.92 Å². The van der Waals surface area contributed by atoms with E-state index in [1.807, 2.05) is 30.5 Å². The van der Waals surface area contributed by atoms with Crippen molar-refractivity contribution in [3.05, 3.63) is 71.6 Å². The standard InChI is InChI=1S/C28H33N3O2/c1-33-28(32)24-9-7-22(8-10-24)20-31-16-13-25-17-26(18-29-27(25)31)23-11-14-30(15-12-23)19-21-5-3-2-4-6-21/h7-11,13,16-18,21H,2-6,12,14-15,19-20H2,1H3. The van der Waals surface area contributed by atoms with Gasteiger partial charge in [0.1, 0.15) is 5.65 Å². The Morgan fingerprint density at radius 1 is 1.12 bits per heavy atom. The molecule has 5 rings (SSSR count). The van der Waals surface area contributed by atoms with Gasteiger partial charge in [-0.1, -0.05) is 37.5 Å². The molecule has 0 unspecified atom stereocenters. The minimum Gasteiger partial charge on any atom is -0.465 e. The van der Waals surface area contributed by atoms with Gasteiger partial charge in [0.05, 0.1) is 12.7 Å². The Labute approximate surface area is 196 Å². The molecule has 0 atom stereocenters. The first-order chi connectivity index (χ1) is 16.2. The van der Waals surface area contributed by atoms with Crippen molar-refractivity contribution in [3.8, 4) is 0 Å². The molecule has 0 spiro atoms. The van der Waals surface area contributed by atoms with Gasteiger partial charge in [0, 0.05) is 44.0 Å². The van der Waals surface area contributed by atoms with E-state index in [4.69, 9.17) is 9.72 Å². The molecule has 5 heteroatoms. The summed E-state index contributed by atoms with van der Waals surface area (Å²) in [6.07, 6.45) is 14.7. The van der Waals surface area contributed by atoms with Gasteiger partial charge in [-0.3, -0.25) is 4.90 Å². The van der Waals surface area contributed by atoms with Gasteiger partial charge in [-0.25, -0.2) is 9.78 Å². The van der Waals surface area contributed by atoms with Gasteiger partial charge in [0.2, 0.25) is 0 Å². The van der Waals surface area contributed by atoms with Gasteiger partial charge in [-0.2, -0.15) is 0 Å². The minimum atomic E-state index is -0.309. The number of carbonyl (C=O) groups is 1. The molecule has 1 aliphatic heterocycles. The van der Waals surface area contributed by atoms with Crippen molar-refractivity contribution in [3.63, 3.8) is 0 Å². The highest BCUT2D eigenvalue weighted by Crippen LogP contribution is 2.28. The average molecular weight is 444 g/mol. The molecule has 2 aromatic heterocycles. The molecule has 0 saturated heterocycles. The Hall–Kier alpha value is -2.92. The monoisotopic (exact) mass is 443 g/mol. The van der Waals surface area contributed by atoms with Gasteiger partial charge >= 0.3 is 5.97 Å². The lowest BCUT2D eigenvalue weighted by Crippen LogP contribution is -2.34. The largest absolute Gasteiger partial charge is 0.465 e. The topological polar surface area (TPSA) is 47.4 Å². The molecular formula is C28H33N3O2. The maximum absolute atomic E-state index is 11.6. The van der Waals surface area contributed by atoms with Crippen molar-refractivity contribution in [2.45, 2.75) is 45.1 Å². The Morgan fingerprint density at radius 3 is 2.67 bits per heavy atom. The van der Waals surface area contributed by atoms with Crippen LogP contribution in [0.1, 0.15) is 60.0 Å². The summed E-state index contributed by atoms with van der Waals surface area (Å²) in [6, 6.07) is 12.0. The Kier molecular flexibility index (Phi) is 6.58. The lowest BCUT2D eigenvalue weighted by Gasteiger charge is -2.31. The SMILES string of the molecule is COC(=O)c1ccc(Cn2ccc3cc(C4=CCN(CC5CCCCC5)CC4)cnc32)cc1. The van der Waals surface area contributed by atoms with Crippen LogP contribution >= 0.6 is 0 Å². The predicted molar refractivity (Wildman–Crippen MR) is 132 cm³/mol. The third-order valence-corrected chi connectivity index (χ3v) is 7.23. The number of benzene rings is 1. The van der Waals surface area contributed by atoms with E-state index < -0.39 is 0 Å². The van der Waals surface area contributed by atoms with Crippen LogP contribution in [-0.2, 0) is 11.3 Å². The fourth-order valence-corrected chi connectivity index (χ4v) is 5.32. The quantitative estimate of drug-likeness (QED) is 0.469. The number of pyridine rings is 1. The molecule has 3 heterocycles. The summed E-state index contributed by atoms with van der Waals surface area (Å²) < 4.78 is 6.94. The van der Waals surface area contributed by atoms with Gasteiger partial charge in [-0.05, 0) is 66.1 Å². The third-order valence-electron chi connectivity index (χ3n) is 7.23. The summed E-state index contributed by atoms with van der Waals surface area (Å²) in [7, 11) is 1.40. The first-order valence-corrected chi connectivity index (χ1v) is 12.2. The second-order valence-electron chi connectivity index (χ2n) is 9.51. The molecule has 0 N–H and O–H groups in total. The fraction of sp³-hybridized carbons (Fsp3) is 0.429. The highest BCUT2D eigenvalue weighted by molar-refractivity contribution is 5.89. The van der Waals surface area contributed by atoms with E-state index in [2.05, 4.69) is 33.9 Å². The summed E-state index contributed by atoms with van der Waals surface area (Å²) >= 11 is 0. The lowest BCUT2D eigenvalue weighted by molar-refractivity contribution is 0.0600. The average Bonchev–Trinajstić information content (AvgIpc) is 3.27. The van der Waals surface area contributed by atoms with Gasteiger partial charge in [0.25, 0.3) is 0 Å². The van der Waals surface area contributed by atoms with E-state index in [1.165, 1.54) is 62.3 Å². The number of fused-ring (bicyclic) bond motifs is 1. The van der Waals surface area contributed by atoms with Crippen LogP contribution in [0.15, 0.2) is 54.9 Å². The highest BCUT2D eigenvalue weighted by Gasteiger charge is 2.20. The van der Waals surface area contributed by atoms with Crippen LogP contribution in [0.2, 0.25) is 0 Å². The molecule has 5 nitrogen and oxygen atoms in total. The number of rotatable bonds is 6. The van der Waals surface area contributed by atoms with Gasteiger partial charge < -0.3 is 9.30 Å².